The van der Waals surface area contributed by atoms with Gasteiger partial charge in [-0.05, 0) is 181 Å². The maximum absolute atomic E-state index is 6.66. The number of benzene rings is 17. The molecule has 28 rings (SSSR count). The molecular weight excluding hydrogens is 1610 g/mol. The van der Waals surface area contributed by atoms with Gasteiger partial charge in [-0.2, -0.15) is 0 Å². The molecule has 0 amide bonds. The average molecular weight is 1700 g/mol. The summed E-state index contributed by atoms with van der Waals surface area (Å²) in [4.78, 5) is 30.7. The Morgan fingerprint density at radius 1 is 0.197 bits per heavy atom. The fourth-order valence-corrected chi connectivity index (χ4v) is 22.4. The molecule has 0 radical (unpaired) electrons. The first kappa shape index (κ1) is 76.9. The van der Waals surface area contributed by atoms with E-state index >= 15 is 0 Å². The highest BCUT2D eigenvalue weighted by Gasteiger charge is 2.43. The Morgan fingerprint density at radius 3 is 1.19 bits per heavy atom. The van der Waals surface area contributed by atoms with Crippen molar-refractivity contribution in [2.45, 2.75) is 77.0 Å². The molecule has 17 aromatic carbocycles. The Labute approximate surface area is 761 Å². The van der Waals surface area contributed by atoms with Crippen LogP contribution in [0.15, 0.2) is 382 Å². The normalized spacial score (nSPS) is 14.2. The van der Waals surface area contributed by atoms with Crippen LogP contribution in [0.4, 0.5) is 0 Å². The molecule has 132 heavy (non-hydrogen) atoms. The van der Waals surface area contributed by atoms with Crippen molar-refractivity contribution in [1.82, 2.24) is 29.9 Å². The number of nitrogens with zero attached hydrogens (tertiary/aromatic N) is 6. The van der Waals surface area contributed by atoms with E-state index in [-0.39, 0.29) is 21.7 Å². The Bertz CT molecular complexity index is 9050. The van der Waals surface area contributed by atoms with Crippen molar-refractivity contribution in [3.63, 3.8) is 0 Å². The summed E-state index contributed by atoms with van der Waals surface area (Å²) in [5.74, 6) is 2.10. The molecule has 0 fully saturated rings. The molecule has 0 aliphatic heterocycles. The highest BCUT2D eigenvalue weighted by atomic mass is 16.3. The average Bonchev–Trinajstić information content (AvgIpc) is 1.55. The van der Waals surface area contributed by atoms with Crippen LogP contribution in [-0.4, -0.2) is 29.9 Å². The van der Waals surface area contributed by atoms with E-state index in [4.69, 9.17) is 47.6 Å². The van der Waals surface area contributed by atoms with E-state index in [1.54, 1.807) is 0 Å². The monoisotopic (exact) mass is 1700 g/mol. The highest BCUT2D eigenvalue weighted by molar-refractivity contribution is 6.19. The van der Waals surface area contributed by atoms with Crippen LogP contribution in [0.5, 0.6) is 0 Å². The van der Waals surface area contributed by atoms with Gasteiger partial charge in [0, 0.05) is 120 Å². The van der Waals surface area contributed by atoms with Gasteiger partial charge in [-0.3, -0.25) is 0 Å². The summed E-state index contributed by atoms with van der Waals surface area (Å²) in [7, 11) is 0. The molecule has 4 aliphatic rings. The Balaban J connectivity index is 0.000000104. The summed E-state index contributed by atoms with van der Waals surface area (Å²) >= 11 is 0. The fraction of sp³-hybridized carbons (Fsp3) is 0.0984. The van der Waals surface area contributed by atoms with Crippen LogP contribution in [0.1, 0.15) is 99.9 Å². The summed E-state index contributed by atoms with van der Waals surface area (Å²) in [5.41, 5.74) is 41.0. The second-order valence-electron chi connectivity index (χ2n) is 37.8. The number of hydrogen-bond donors (Lipinski definition) is 0. The number of hydrogen-bond acceptors (Lipinski definition) is 10. The van der Waals surface area contributed by atoms with Crippen LogP contribution in [-0.2, 0) is 21.7 Å². The molecule has 24 aromatic rings. The molecule has 0 bridgehead atoms. The third-order valence-corrected chi connectivity index (χ3v) is 28.8. The van der Waals surface area contributed by atoms with Crippen LogP contribution in [0.25, 0.3) is 233 Å². The minimum Gasteiger partial charge on any atom is -0.456 e. The molecule has 0 unspecified atom stereocenters. The minimum atomic E-state index is -0.177. The summed E-state index contributed by atoms with van der Waals surface area (Å²) in [6, 6.07) is 128. The zero-order valence-corrected chi connectivity index (χ0v) is 74.0. The van der Waals surface area contributed by atoms with E-state index in [0.717, 1.165) is 160 Å². The zero-order chi connectivity index (χ0) is 88.4. The highest BCUT2D eigenvalue weighted by Crippen LogP contribution is 2.59. The van der Waals surface area contributed by atoms with Crippen molar-refractivity contribution in [2.75, 3.05) is 0 Å². The lowest BCUT2D eigenvalue weighted by molar-refractivity contribution is 0.619. The summed E-state index contributed by atoms with van der Waals surface area (Å²) in [6.07, 6.45) is 0. The quantitative estimate of drug-likeness (QED) is 0.152. The van der Waals surface area contributed by atoms with Gasteiger partial charge < -0.3 is 17.7 Å². The number of furan rings is 4. The molecule has 0 saturated heterocycles. The van der Waals surface area contributed by atoms with Gasteiger partial charge in [0.1, 0.15) is 50.3 Å². The maximum Gasteiger partial charge on any atom is 0.180 e. The third kappa shape index (κ3) is 11.5. The molecule has 10 nitrogen and oxygen atoms in total. The Morgan fingerprint density at radius 2 is 0.598 bits per heavy atom. The predicted molar refractivity (Wildman–Crippen MR) is 539 cm³/mol. The lowest BCUT2D eigenvalue weighted by Crippen LogP contribution is -2.15. The van der Waals surface area contributed by atoms with Crippen molar-refractivity contribution >= 4 is 110 Å². The SMILES string of the molecule is CC1(C)c2ccccc2-c2c1cc1oc3ccccc3c1c2-c1cccc(-c2nc(-c3ccccc3)nc3c2oc2ccccc23)c1.CC1(C)c2ccccc2-c2ccc(-c3nc(-c4ccc5oc6c7c(ccc6c5c4)-c4ccccc4C7(C)C)nc4ccccc34)cc21.CC1(C)c2ccccc2-c2ccc3c(oc4ccc(-c5nc(-c6ccccc6)c6ccccc6n5)cc43)c21. The van der Waals surface area contributed by atoms with Gasteiger partial charge in [0.2, 0.25) is 0 Å². The van der Waals surface area contributed by atoms with E-state index in [9.17, 15) is 0 Å². The molecular formula is C122H84N6O4. The number of rotatable bonds is 7. The van der Waals surface area contributed by atoms with E-state index in [2.05, 4.69) is 347 Å². The van der Waals surface area contributed by atoms with Gasteiger partial charge >= 0.3 is 0 Å². The van der Waals surface area contributed by atoms with Crippen LogP contribution >= 0.6 is 0 Å². The van der Waals surface area contributed by atoms with Crippen molar-refractivity contribution in [3.8, 4) is 124 Å². The van der Waals surface area contributed by atoms with Crippen molar-refractivity contribution in [2.24, 2.45) is 0 Å². The van der Waals surface area contributed by atoms with Crippen molar-refractivity contribution < 1.29 is 17.7 Å². The van der Waals surface area contributed by atoms with Gasteiger partial charge in [-0.15, -0.1) is 0 Å². The van der Waals surface area contributed by atoms with E-state index < -0.39 is 0 Å². The van der Waals surface area contributed by atoms with E-state index in [1.165, 1.54) is 94.6 Å². The number of para-hydroxylation sites is 4. The van der Waals surface area contributed by atoms with Crippen LogP contribution in [0, 0.1) is 0 Å². The van der Waals surface area contributed by atoms with Crippen LogP contribution < -0.4 is 0 Å². The lowest BCUT2D eigenvalue weighted by Gasteiger charge is -2.22. The standard InChI is InChI=1S/C44H32N2O.C43H28N2O2.C35H24N2O/c1-43(2)34-14-8-5-11-27(34)29-19-17-25(24-36(29)43)40-32-13-7-10-16-37(32)45-42(46-40)26-18-22-38-33(23-26)31-21-20-30-28-12-6-9-15-35(28)44(3,4)39(30)41(31)47-38;1-43(2)31-20-9-6-17-28(31)37-32(43)24-35-38(29-18-7-10-21-33(29)46-35)36(37)26-15-12-16-27(23-26)39-41-40(30-19-8-11-22-34(30)47-41)45-42(44-39)25-13-4-3-5-14-25;1-35(2)28-14-8-6-12-23(28)24-17-18-25-27-20-22(16-19-30(27)38-33(25)31(24)35)34-36-29-15-9-7-13-26(29)32(37-34)21-10-4-3-5-11-21/h5-24H,1-4H3;3-24H,1-2H3;3-20H,1-2H3. The second-order valence-corrected chi connectivity index (χ2v) is 37.8. The van der Waals surface area contributed by atoms with Gasteiger partial charge in [0.05, 0.1) is 22.4 Å². The van der Waals surface area contributed by atoms with Gasteiger partial charge in [0.25, 0.3) is 0 Å². The van der Waals surface area contributed by atoms with Gasteiger partial charge in [-0.1, -0.05) is 322 Å². The van der Waals surface area contributed by atoms with Crippen LogP contribution in [0.2, 0.25) is 0 Å². The van der Waals surface area contributed by atoms with Crippen molar-refractivity contribution in [1.29, 1.82) is 0 Å². The number of aromatic nitrogens is 6. The summed E-state index contributed by atoms with van der Waals surface area (Å²) < 4.78 is 26.3. The summed E-state index contributed by atoms with van der Waals surface area (Å²) in [6.45, 7) is 18.5. The first-order valence-electron chi connectivity index (χ1n) is 45.4. The zero-order valence-electron chi connectivity index (χ0n) is 74.0. The van der Waals surface area contributed by atoms with E-state index in [0.29, 0.717) is 23.1 Å². The smallest absolute Gasteiger partial charge is 0.180 e. The topological polar surface area (TPSA) is 130 Å². The maximum atomic E-state index is 6.66. The predicted octanol–water partition coefficient (Wildman–Crippen LogP) is 32.2. The van der Waals surface area contributed by atoms with Crippen molar-refractivity contribution in [3.05, 3.63) is 408 Å². The van der Waals surface area contributed by atoms with Gasteiger partial charge in [0.15, 0.2) is 23.1 Å². The first-order chi connectivity index (χ1) is 64.5. The molecule has 4 aliphatic carbocycles. The first-order valence-corrected chi connectivity index (χ1v) is 45.4. The fourth-order valence-electron chi connectivity index (χ4n) is 22.4. The summed E-state index contributed by atoms with van der Waals surface area (Å²) in [5, 5.41) is 9.75. The molecule has 7 aromatic heterocycles. The Kier molecular flexibility index (Phi) is 16.7. The second kappa shape index (κ2) is 28.6. The molecule has 0 saturated carbocycles. The molecule has 626 valence electrons. The largest absolute Gasteiger partial charge is 0.456 e. The van der Waals surface area contributed by atoms with Gasteiger partial charge in [-0.25, -0.2) is 29.9 Å². The molecule has 0 spiro atoms. The van der Waals surface area contributed by atoms with E-state index in [1.807, 2.05) is 72.8 Å². The molecule has 10 heteroatoms. The minimum absolute atomic E-state index is 0.0862. The number of fused-ring (bicyclic) bond motifs is 28. The third-order valence-electron chi connectivity index (χ3n) is 28.8. The lowest BCUT2D eigenvalue weighted by atomic mass is 9.81. The van der Waals surface area contributed by atoms with Crippen LogP contribution in [0.3, 0.4) is 0 Å². The molecule has 0 atom stereocenters. The molecule has 0 N–H and O–H groups in total. The Hall–Kier alpha value is -16.3. The molecule has 7 heterocycles.